The molecule has 1 nitrogen and oxygen atoms in total. The van der Waals surface area contributed by atoms with Gasteiger partial charge >= 0.3 is 0 Å². The van der Waals surface area contributed by atoms with Gasteiger partial charge in [-0.05, 0) is 29.4 Å². The largest absolute Gasteiger partial charge is 0.301 e. The normalized spacial score (nSPS) is 24.6. The molecule has 0 bridgehead atoms. The lowest BCUT2D eigenvalue weighted by Gasteiger charge is -2.40. The first-order chi connectivity index (χ1) is 9.16. The highest BCUT2D eigenvalue weighted by molar-refractivity contribution is 6.88. The topological polar surface area (TPSA) is 17.1 Å². The second kappa shape index (κ2) is 4.60. The molecule has 20 heavy (non-hydrogen) atoms. The number of fused-ring (bicyclic) bond motifs is 1. The number of carbonyl (C=O) groups is 1. The Morgan fingerprint density at radius 2 is 1.85 bits per heavy atom. The molecule has 1 atom stereocenters. The molecule has 0 amide bonds. The summed E-state index contributed by atoms with van der Waals surface area (Å²) in [5.74, 6) is 2.79. The predicted octanol–water partition coefficient (Wildman–Crippen LogP) is 3.37. The summed E-state index contributed by atoms with van der Waals surface area (Å²) >= 11 is 0. The molecule has 0 spiro atoms. The maximum Gasteiger partial charge on any atom is 0.142 e. The van der Waals surface area contributed by atoms with Crippen molar-refractivity contribution < 1.29 is 4.79 Å². The van der Waals surface area contributed by atoms with E-state index in [0.717, 1.165) is 24.7 Å². The highest BCUT2D eigenvalue weighted by Gasteiger charge is 2.42. The second-order valence-corrected chi connectivity index (χ2v) is 12.7. The molecule has 0 fully saturated rings. The van der Waals surface area contributed by atoms with E-state index in [9.17, 15) is 4.79 Å². The van der Waals surface area contributed by atoms with Crippen molar-refractivity contribution in [2.75, 3.05) is 0 Å². The minimum absolute atomic E-state index is 0.0939. The number of terminal acetylenes is 1. The highest BCUT2D eigenvalue weighted by Crippen LogP contribution is 2.44. The van der Waals surface area contributed by atoms with Crippen LogP contribution in [0.4, 0.5) is 0 Å². The third-order valence-corrected chi connectivity index (χ3v) is 6.74. The van der Waals surface area contributed by atoms with Crippen molar-refractivity contribution in [1.82, 2.24) is 0 Å². The fourth-order valence-electron chi connectivity index (χ4n) is 3.06. The van der Waals surface area contributed by atoms with Crippen molar-refractivity contribution in [3.05, 3.63) is 29.3 Å². The van der Waals surface area contributed by atoms with Crippen LogP contribution in [0.15, 0.2) is 18.2 Å². The molecular formula is C18H24OSi. The van der Waals surface area contributed by atoms with Crippen LogP contribution < -0.4 is 5.19 Å². The van der Waals surface area contributed by atoms with Gasteiger partial charge < -0.3 is 4.79 Å². The van der Waals surface area contributed by atoms with Crippen LogP contribution in [-0.2, 0) is 15.6 Å². The summed E-state index contributed by atoms with van der Waals surface area (Å²) in [4.78, 5) is 11.7. The summed E-state index contributed by atoms with van der Waals surface area (Å²) in [6.45, 7) is 11.4. The zero-order valence-corrected chi connectivity index (χ0v) is 14.2. The summed E-state index contributed by atoms with van der Waals surface area (Å²) in [6.07, 6.45) is 8.43. The average Bonchev–Trinajstić information content (AvgIpc) is 2.38. The summed E-state index contributed by atoms with van der Waals surface area (Å²) in [6, 6.07) is 6.67. The molecule has 0 saturated carbocycles. The van der Waals surface area contributed by atoms with E-state index in [4.69, 9.17) is 6.42 Å². The smallest absolute Gasteiger partial charge is 0.142 e. The molecule has 1 aliphatic carbocycles. The Bertz CT molecular complexity index is 586. The molecule has 0 aliphatic heterocycles. The molecule has 1 aromatic rings. The van der Waals surface area contributed by atoms with E-state index in [0.29, 0.717) is 0 Å². The van der Waals surface area contributed by atoms with Crippen LogP contribution in [-0.4, -0.2) is 14.4 Å². The molecular weight excluding hydrogens is 260 g/mol. The molecule has 1 aromatic carbocycles. The van der Waals surface area contributed by atoms with Gasteiger partial charge in [-0.1, -0.05) is 62.8 Å². The zero-order chi connectivity index (χ0) is 15.2. The quantitative estimate of drug-likeness (QED) is 0.462. The zero-order valence-electron chi connectivity index (χ0n) is 13.2. The molecule has 0 heterocycles. The second-order valence-electron chi connectivity index (χ2n) is 7.63. The maximum absolute atomic E-state index is 11.7. The third-order valence-electron chi connectivity index (χ3n) is 4.70. The molecule has 0 radical (unpaired) electrons. The number of hydrogen-bond acceptors (Lipinski definition) is 1. The standard InChI is InChI=1S/C18H24OSi/c1-7-18(13-19)11-10-17(2,3)15-9-8-14(12-16(15)18)20(4,5)6/h1,8-9,12-13H,10-11H2,2-6H3. The van der Waals surface area contributed by atoms with Gasteiger partial charge in [0.1, 0.15) is 11.7 Å². The van der Waals surface area contributed by atoms with Crippen molar-refractivity contribution in [2.24, 2.45) is 0 Å². The van der Waals surface area contributed by atoms with E-state index >= 15 is 0 Å². The van der Waals surface area contributed by atoms with Crippen molar-refractivity contribution in [2.45, 2.75) is 57.2 Å². The summed E-state index contributed by atoms with van der Waals surface area (Å²) in [5.41, 5.74) is 1.69. The molecule has 106 valence electrons. The van der Waals surface area contributed by atoms with Crippen LogP contribution in [0.3, 0.4) is 0 Å². The van der Waals surface area contributed by atoms with Gasteiger partial charge in [-0.25, -0.2) is 0 Å². The molecule has 1 unspecified atom stereocenters. The third kappa shape index (κ3) is 2.25. The minimum atomic E-state index is -1.41. The Morgan fingerprint density at radius 3 is 2.35 bits per heavy atom. The Labute approximate surface area is 123 Å². The van der Waals surface area contributed by atoms with Gasteiger partial charge in [0.05, 0.1) is 8.07 Å². The molecule has 0 aromatic heterocycles. The lowest BCUT2D eigenvalue weighted by molar-refractivity contribution is -0.111. The highest BCUT2D eigenvalue weighted by atomic mass is 28.3. The number of benzene rings is 1. The van der Waals surface area contributed by atoms with Gasteiger partial charge in [0.2, 0.25) is 0 Å². The summed E-state index contributed by atoms with van der Waals surface area (Å²) in [5, 5.41) is 1.37. The summed E-state index contributed by atoms with van der Waals surface area (Å²) < 4.78 is 0. The van der Waals surface area contributed by atoms with Crippen molar-refractivity contribution in [3.63, 3.8) is 0 Å². The van der Waals surface area contributed by atoms with Crippen molar-refractivity contribution >= 4 is 19.5 Å². The first-order valence-electron chi connectivity index (χ1n) is 7.26. The molecule has 2 rings (SSSR count). The SMILES string of the molecule is C#CC1(C=O)CCC(C)(C)c2ccc([Si](C)(C)C)cc21. The lowest BCUT2D eigenvalue weighted by Crippen LogP contribution is -2.43. The van der Waals surface area contributed by atoms with Crippen LogP contribution in [0, 0.1) is 12.3 Å². The lowest BCUT2D eigenvalue weighted by atomic mass is 9.62. The fourth-order valence-corrected chi connectivity index (χ4v) is 4.22. The van der Waals surface area contributed by atoms with Gasteiger partial charge in [-0.3, -0.25) is 0 Å². The number of aldehydes is 1. The Balaban J connectivity index is 2.74. The van der Waals surface area contributed by atoms with Crippen LogP contribution in [0.5, 0.6) is 0 Å². The van der Waals surface area contributed by atoms with Crippen LogP contribution in [0.2, 0.25) is 19.6 Å². The molecule has 0 N–H and O–H groups in total. The average molecular weight is 284 g/mol. The predicted molar refractivity (Wildman–Crippen MR) is 88.3 cm³/mol. The Hall–Kier alpha value is -1.33. The number of rotatable bonds is 2. The first kappa shape index (κ1) is 15.1. The van der Waals surface area contributed by atoms with E-state index in [-0.39, 0.29) is 5.41 Å². The van der Waals surface area contributed by atoms with Crippen molar-refractivity contribution in [3.8, 4) is 12.3 Å². The van der Waals surface area contributed by atoms with Gasteiger partial charge in [0, 0.05) is 0 Å². The van der Waals surface area contributed by atoms with Gasteiger partial charge in [-0.2, -0.15) is 0 Å². The molecule has 0 saturated heterocycles. The fraction of sp³-hybridized carbons (Fsp3) is 0.500. The van der Waals surface area contributed by atoms with E-state index in [1.165, 1.54) is 10.8 Å². The molecule has 1 aliphatic rings. The van der Waals surface area contributed by atoms with Crippen LogP contribution in [0.25, 0.3) is 0 Å². The van der Waals surface area contributed by atoms with Crippen LogP contribution >= 0.6 is 0 Å². The van der Waals surface area contributed by atoms with Crippen LogP contribution in [0.1, 0.15) is 37.8 Å². The number of carbonyl (C=O) groups excluding carboxylic acids is 1. The molecule has 2 heteroatoms. The van der Waals surface area contributed by atoms with E-state index in [1.54, 1.807) is 0 Å². The monoisotopic (exact) mass is 284 g/mol. The first-order valence-corrected chi connectivity index (χ1v) is 10.8. The Morgan fingerprint density at radius 1 is 1.20 bits per heavy atom. The number of hydrogen-bond donors (Lipinski definition) is 0. The van der Waals surface area contributed by atoms with Gasteiger partial charge in [0.25, 0.3) is 0 Å². The van der Waals surface area contributed by atoms with Gasteiger partial charge in [0.15, 0.2) is 0 Å². The Kier molecular flexibility index (Phi) is 3.46. The maximum atomic E-state index is 11.7. The van der Waals surface area contributed by atoms with Crippen molar-refractivity contribution in [1.29, 1.82) is 0 Å². The summed E-state index contributed by atoms with van der Waals surface area (Å²) in [7, 11) is -1.41. The minimum Gasteiger partial charge on any atom is -0.301 e. The van der Waals surface area contributed by atoms with E-state index in [2.05, 4.69) is 57.6 Å². The van der Waals surface area contributed by atoms with E-state index < -0.39 is 13.5 Å². The van der Waals surface area contributed by atoms with E-state index in [1.807, 2.05) is 0 Å². The van der Waals surface area contributed by atoms with Gasteiger partial charge in [-0.15, -0.1) is 6.42 Å².